The van der Waals surface area contributed by atoms with Crippen LogP contribution in [0, 0.1) is 24.1 Å². The smallest absolute Gasteiger partial charge is 0.258 e. The molecule has 1 unspecified atom stereocenters. The van der Waals surface area contributed by atoms with E-state index in [2.05, 4.69) is 10.3 Å². The Morgan fingerprint density at radius 3 is 2.53 bits per heavy atom. The van der Waals surface area contributed by atoms with Gasteiger partial charge in [0.15, 0.2) is 5.50 Å². The number of nitrogens with zero attached hydrogens (tertiary/aromatic N) is 4. The zero-order chi connectivity index (χ0) is 25.6. The summed E-state index contributed by atoms with van der Waals surface area (Å²) >= 11 is 10.6. The highest BCUT2D eigenvalue weighted by Crippen LogP contribution is 2.50. The average molecular weight is 522 g/mol. The van der Waals surface area contributed by atoms with Crippen molar-refractivity contribution >= 4 is 53.1 Å². The van der Waals surface area contributed by atoms with Gasteiger partial charge < -0.3 is 10.2 Å². The quantitative estimate of drug-likeness (QED) is 0.455. The fourth-order valence-electron chi connectivity index (χ4n) is 4.74. The normalized spacial score (nSPS) is 18.2. The van der Waals surface area contributed by atoms with Crippen LogP contribution in [-0.4, -0.2) is 27.8 Å². The molecule has 36 heavy (non-hydrogen) atoms. The number of hydrogen-bond acceptors (Lipinski definition) is 6. The zero-order valence-corrected chi connectivity index (χ0v) is 20.9. The maximum Gasteiger partial charge on any atom is 0.258 e. The third kappa shape index (κ3) is 3.87. The first-order valence-corrected chi connectivity index (χ1v) is 12.2. The van der Waals surface area contributed by atoms with Crippen molar-refractivity contribution < 1.29 is 14.0 Å². The Hall–Kier alpha value is -3.61. The predicted molar refractivity (Wildman–Crippen MR) is 139 cm³/mol. The van der Waals surface area contributed by atoms with E-state index in [4.69, 9.17) is 24.2 Å². The highest BCUT2D eigenvalue weighted by Gasteiger charge is 2.60. The van der Waals surface area contributed by atoms with Crippen molar-refractivity contribution in [2.75, 3.05) is 15.1 Å². The number of thiol groups is 1. The number of hydrogen-bond donors (Lipinski definition) is 2. The molecule has 1 aromatic heterocycles. The second-order valence-corrected chi connectivity index (χ2v) is 9.77. The van der Waals surface area contributed by atoms with E-state index in [0.717, 1.165) is 6.42 Å². The number of nitrogens with one attached hydrogen (secondary N) is 1. The first kappa shape index (κ1) is 24.1. The van der Waals surface area contributed by atoms with Crippen molar-refractivity contribution in [3.8, 4) is 6.07 Å². The van der Waals surface area contributed by atoms with E-state index in [0.29, 0.717) is 40.5 Å². The maximum absolute atomic E-state index is 15.2. The topological polar surface area (TPSA) is 89.3 Å². The van der Waals surface area contributed by atoms with Gasteiger partial charge in [-0.15, -0.1) is 12.6 Å². The van der Waals surface area contributed by atoms with E-state index < -0.39 is 22.8 Å². The Kier molecular flexibility index (Phi) is 6.10. The fourth-order valence-corrected chi connectivity index (χ4v) is 5.46. The summed E-state index contributed by atoms with van der Waals surface area (Å²) in [6.07, 6.45) is 3.53. The molecule has 1 N–H and O–H groups in total. The molecule has 2 amide bonds. The van der Waals surface area contributed by atoms with Crippen molar-refractivity contribution in [1.82, 2.24) is 4.98 Å². The summed E-state index contributed by atoms with van der Waals surface area (Å²) < 4.78 is 15.2. The predicted octanol–water partition coefficient (Wildman–Crippen LogP) is 5.30. The summed E-state index contributed by atoms with van der Waals surface area (Å²) in [4.78, 5) is 33.8. The Morgan fingerprint density at radius 1 is 1.22 bits per heavy atom. The van der Waals surface area contributed by atoms with Gasteiger partial charge in [0.1, 0.15) is 23.1 Å². The Labute approximate surface area is 217 Å². The molecule has 1 aliphatic heterocycles. The SMILES string of the molecule is Cc1cc(N2C(=O)C3(CCC3)N(c3ccc(C(=O)Nc4ccc(Cl)cc4)c(F)c3)C2S)cnc1C#N. The lowest BCUT2D eigenvalue weighted by atomic mass is 9.75. The van der Waals surface area contributed by atoms with E-state index in [1.807, 2.05) is 6.07 Å². The minimum atomic E-state index is -0.853. The van der Waals surface area contributed by atoms with Gasteiger partial charge in [0.25, 0.3) is 11.8 Å². The molecular weight excluding hydrogens is 501 g/mol. The molecule has 1 aliphatic carbocycles. The molecule has 10 heteroatoms. The molecule has 1 atom stereocenters. The molecule has 2 aromatic carbocycles. The summed E-state index contributed by atoms with van der Waals surface area (Å²) in [5, 5.41) is 12.4. The standard InChI is InChI=1S/C26H21ClFN5O2S/c1-15-11-19(14-30-22(15)13-29)32-24(35)26(9-2-10-26)33(25(32)36)18-7-8-20(21(28)12-18)23(34)31-17-5-3-16(27)4-6-17/h3-8,11-12,14,25,36H,2,9-10H2,1H3,(H,31,34). The highest BCUT2D eigenvalue weighted by atomic mass is 35.5. The van der Waals surface area contributed by atoms with Crippen molar-refractivity contribution in [2.24, 2.45) is 0 Å². The third-order valence-electron chi connectivity index (χ3n) is 6.75. The van der Waals surface area contributed by atoms with E-state index in [-0.39, 0.29) is 17.2 Å². The lowest BCUT2D eigenvalue weighted by Crippen LogP contribution is -2.55. The van der Waals surface area contributed by atoms with Gasteiger partial charge in [-0.3, -0.25) is 14.5 Å². The van der Waals surface area contributed by atoms with Crippen LogP contribution in [0.4, 0.5) is 21.5 Å². The van der Waals surface area contributed by atoms with Crippen molar-refractivity contribution in [3.05, 3.63) is 82.4 Å². The molecule has 1 spiro atoms. The number of aromatic nitrogens is 1. The Morgan fingerprint density at radius 2 is 1.94 bits per heavy atom. The molecule has 3 aromatic rings. The Bertz CT molecular complexity index is 1420. The van der Waals surface area contributed by atoms with E-state index in [9.17, 15) is 14.9 Å². The van der Waals surface area contributed by atoms with Gasteiger partial charge >= 0.3 is 0 Å². The molecule has 1 saturated carbocycles. The summed E-state index contributed by atoms with van der Waals surface area (Å²) in [6, 6.07) is 14.6. The van der Waals surface area contributed by atoms with E-state index in [1.165, 1.54) is 23.2 Å². The summed E-state index contributed by atoms with van der Waals surface area (Å²) in [5.41, 5.74) is 0.685. The molecule has 7 nitrogen and oxygen atoms in total. The van der Waals surface area contributed by atoms with Gasteiger partial charge in [-0.2, -0.15) is 5.26 Å². The number of pyridine rings is 1. The van der Waals surface area contributed by atoms with Gasteiger partial charge in [0, 0.05) is 16.4 Å². The van der Waals surface area contributed by atoms with Gasteiger partial charge in [-0.05, 0) is 80.3 Å². The monoisotopic (exact) mass is 521 g/mol. The number of amides is 2. The van der Waals surface area contributed by atoms with E-state index in [1.54, 1.807) is 48.2 Å². The summed E-state index contributed by atoms with van der Waals surface area (Å²) in [7, 11) is 0. The molecule has 1 saturated heterocycles. The van der Waals surface area contributed by atoms with Gasteiger partial charge in [0.2, 0.25) is 0 Å². The molecular formula is C26H21ClFN5O2S. The van der Waals surface area contributed by atoms with Crippen molar-refractivity contribution in [2.45, 2.75) is 37.2 Å². The van der Waals surface area contributed by atoms with Crippen LogP contribution in [0.2, 0.25) is 5.02 Å². The molecule has 2 aliphatic rings. The number of nitriles is 1. The van der Waals surface area contributed by atoms with Crippen molar-refractivity contribution in [1.29, 1.82) is 5.26 Å². The second kappa shape index (κ2) is 9.12. The third-order valence-corrected chi connectivity index (χ3v) is 7.46. The van der Waals surface area contributed by atoms with Gasteiger partial charge in [-0.1, -0.05) is 11.6 Å². The van der Waals surface area contributed by atoms with Crippen molar-refractivity contribution in [3.63, 3.8) is 0 Å². The van der Waals surface area contributed by atoms with Crippen LogP contribution in [0.1, 0.15) is 40.9 Å². The van der Waals surface area contributed by atoms with E-state index >= 15 is 4.39 Å². The molecule has 5 rings (SSSR count). The Balaban J connectivity index is 1.46. The second-order valence-electron chi connectivity index (χ2n) is 8.87. The number of anilines is 3. The number of halogens is 2. The number of carbonyl (C=O) groups is 2. The zero-order valence-electron chi connectivity index (χ0n) is 19.2. The molecule has 0 bridgehead atoms. The maximum atomic E-state index is 15.2. The van der Waals surface area contributed by atoms with Crippen LogP contribution in [-0.2, 0) is 4.79 Å². The lowest BCUT2D eigenvalue weighted by Gasteiger charge is -2.44. The number of benzene rings is 2. The minimum absolute atomic E-state index is 0.124. The first-order chi connectivity index (χ1) is 17.2. The molecule has 182 valence electrons. The first-order valence-electron chi connectivity index (χ1n) is 11.3. The minimum Gasteiger partial charge on any atom is -0.327 e. The van der Waals surface area contributed by atoms with Gasteiger partial charge in [-0.25, -0.2) is 9.37 Å². The van der Waals surface area contributed by atoms with Crippen LogP contribution in [0.3, 0.4) is 0 Å². The summed E-state index contributed by atoms with van der Waals surface area (Å²) in [6.45, 7) is 1.75. The number of aryl methyl sites for hydroxylation is 1. The number of rotatable bonds is 4. The molecule has 2 fully saturated rings. The van der Waals surface area contributed by atoms with Crippen LogP contribution in [0.5, 0.6) is 0 Å². The van der Waals surface area contributed by atoms with Crippen LogP contribution in [0.25, 0.3) is 0 Å². The molecule has 0 radical (unpaired) electrons. The van der Waals surface area contributed by atoms with Gasteiger partial charge in [0.05, 0.1) is 17.4 Å². The fraction of sp³-hybridized carbons (Fsp3) is 0.231. The average Bonchev–Trinajstić information content (AvgIpc) is 3.07. The molecule has 2 heterocycles. The highest BCUT2D eigenvalue weighted by molar-refractivity contribution is 7.81. The van der Waals surface area contributed by atoms with Crippen LogP contribution in [0.15, 0.2) is 54.7 Å². The van der Waals surface area contributed by atoms with Crippen LogP contribution < -0.4 is 15.1 Å². The largest absolute Gasteiger partial charge is 0.327 e. The number of carbonyl (C=O) groups excluding carboxylic acids is 2. The lowest BCUT2D eigenvalue weighted by molar-refractivity contribution is -0.124. The van der Waals surface area contributed by atoms with Crippen LogP contribution >= 0.6 is 24.2 Å². The summed E-state index contributed by atoms with van der Waals surface area (Å²) in [5.74, 6) is -1.46.